The summed E-state index contributed by atoms with van der Waals surface area (Å²) in [6.07, 6.45) is 3.65. The molecule has 0 aliphatic carbocycles. The molecule has 3 heteroatoms. The van der Waals surface area contributed by atoms with Crippen LogP contribution in [-0.4, -0.2) is 6.54 Å². The van der Waals surface area contributed by atoms with E-state index < -0.39 is 0 Å². The van der Waals surface area contributed by atoms with Gasteiger partial charge in [-0.2, -0.15) is 0 Å². The Balaban J connectivity index is 2.02. The lowest BCUT2D eigenvalue weighted by molar-refractivity contribution is 0.760. The number of para-hydroxylation sites is 1. The number of hydrogen-bond donors (Lipinski definition) is 1. The van der Waals surface area contributed by atoms with E-state index >= 15 is 0 Å². The zero-order chi connectivity index (χ0) is 14.8. The molecular formula is C18H21BrN2. The van der Waals surface area contributed by atoms with Crippen molar-refractivity contribution in [3.8, 4) is 0 Å². The van der Waals surface area contributed by atoms with E-state index in [0.717, 1.165) is 16.6 Å². The highest BCUT2D eigenvalue weighted by molar-refractivity contribution is 9.10. The summed E-state index contributed by atoms with van der Waals surface area (Å²) in [5, 5.41) is 0. The van der Waals surface area contributed by atoms with E-state index in [4.69, 9.17) is 5.73 Å². The molecule has 0 spiro atoms. The van der Waals surface area contributed by atoms with Gasteiger partial charge in [-0.3, -0.25) is 0 Å². The lowest BCUT2D eigenvalue weighted by Gasteiger charge is -2.26. The molecule has 0 radical (unpaired) electrons. The van der Waals surface area contributed by atoms with Crippen molar-refractivity contribution in [1.29, 1.82) is 0 Å². The van der Waals surface area contributed by atoms with Gasteiger partial charge in [0, 0.05) is 28.4 Å². The van der Waals surface area contributed by atoms with E-state index in [1.54, 1.807) is 0 Å². The van der Waals surface area contributed by atoms with Crippen LogP contribution in [-0.2, 0) is 6.42 Å². The SMILES string of the molecule is CC(N)c1ccc(N2CCCCc3ccccc32)cc1Br. The number of halogens is 1. The largest absolute Gasteiger partial charge is 0.341 e. The number of rotatable bonds is 2. The van der Waals surface area contributed by atoms with Crippen LogP contribution in [0, 0.1) is 0 Å². The van der Waals surface area contributed by atoms with Crippen molar-refractivity contribution in [3.05, 3.63) is 58.1 Å². The monoisotopic (exact) mass is 344 g/mol. The molecule has 1 atom stereocenters. The van der Waals surface area contributed by atoms with Gasteiger partial charge in [0.05, 0.1) is 0 Å². The van der Waals surface area contributed by atoms with Crippen molar-refractivity contribution in [2.75, 3.05) is 11.4 Å². The van der Waals surface area contributed by atoms with Gasteiger partial charge in [-0.15, -0.1) is 0 Å². The quantitative estimate of drug-likeness (QED) is 0.835. The van der Waals surface area contributed by atoms with Crippen molar-refractivity contribution in [2.45, 2.75) is 32.2 Å². The Kier molecular flexibility index (Phi) is 4.32. The van der Waals surface area contributed by atoms with Gasteiger partial charge in [-0.05, 0) is 55.5 Å². The second kappa shape index (κ2) is 6.20. The second-order valence-corrected chi connectivity index (χ2v) is 6.59. The Labute approximate surface area is 135 Å². The summed E-state index contributed by atoms with van der Waals surface area (Å²) >= 11 is 3.67. The summed E-state index contributed by atoms with van der Waals surface area (Å²) in [7, 11) is 0. The van der Waals surface area contributed by atoms with Crippen molar-refractivity contribution < 1.29 is 0 Å². The molecule has 110 valence electrons. The molecule has 1 aliphatic rings. The summed E-state index contributed by atoms with van der Waals surface area (Å²) in [4.78, 5) is 2.43. The van der Waals surface area contributed by atoms with Crippen LogP contribution in [0.4, 0.5) is 11.4 Å². The Hall–Kier alpha value is -1.32. The van der Waals surface area contributed by atoms with Gasteiger partial charge in [0.2, 0.25) is 0 Å². The van der Waals surface area contributed by atoms with Gasteiger partial charge in [-0.1, -0.05) is 40.2 Å². The van der Waals surface area contributed by atoms with Crippen LogP contribution in [0.5, 0.6) is 0 Å². The topological polar surface area (TPSA) is 29.3 Å². The van der Waals surface area contributed by atoms with E-state index in [1.165, 1.54) is 36.2 Å². The fourth-order valence-electron chi connectivity index (χ4n) is 3.01. The zero-order valence-corrected chi connectivity index (χ0v) is 13.9. The molecule has 2 aromatic carbocycles. The first-order chi connectivity index (χ1) is 10.2. The van der Waals surface area contributed by atoms with E-state index in [-0.39, 0.29) is 6.04 Å². The van der Waals surface area contributed by atoms with Gasteiger partial charge in [0.1, 0.15) is 0 Å². The molecular weight excluding hydrogens is 324 g/mol. The number of hydrogen-bond acceptors (Lipinski definition) is 2. The first-order valence-corrected chi connectivity index (χ1v) is 8.36. The van der Waals surface area contributed by atoms with E-state index in [2.05, 4.69) is 63.3 Å². The maximum absolute atomic E-state index is 6.00. The predicted molar refractivity (Wildman–Crippen MR) is 93.1 cm³/mol. The molecule has 0 saturated carbocycles. The predicted octanol–water partition coefficient (Wildman–Crippen LogP) is 4.94. The number of fused-ring (bicyclic) bond motifs is 1. The fraction of sp³-hybridized carbons (Fsp3) is 0.333. The molecule has 2 aromatic rings. The van der Waals surface area contributed by atoms with E-state index in [9.17, 15) is 0 Å². The van der Waals surface area contributed by atoms with Gasteiger partial charge in [0.15, 0.2) is 0 Å². The van der Waals surface area contributed by atoms with Gasteiger partial charge in [0.25, 0.3) is 0 Å². The number of nitrogens with two attached hydrogens (primary N) is 1. The van der Waals surface area contributed by atoms with Crippen LogP contribution in [0.1, 0.15) is 36.9 Å². The summed E-state index contributed by atoms with van der Waals surface area (Å²) in [5.74, 6) is 0. The van der Waals surface area contributed by atoms with Crippen molar-refractivity contribution in [1.82, 2.24) is 0 Å². The normalized spacial score (nSPS) is 16.2. The van der Waals surface area contributed by atoms with Crippen LogP contribution in [0.15, 0.2) is 46.9 Å². The average molecular weight is 345 g/mol. The number of anilines is 2. The minimum atomic E-state index is 0.0462. The van der Waals surface area contributed by atoms with Crippen LogP contribution in [0.2, 0.25) is 0 Å². The Morgan fingerprint density at radius 2 is 1.95 bits per heavy atom. The molecule has 0 saturated heterocycles. The third-order valence-corrected chi connectivity index (χ3v) is 4.83. The highest BCUT2D eigenvalue weighted by atomic mass is 79.9. The average Bonchev–Trinajstić information content (AvgIpc) is 2.69. The molecule has 1 heterocycles. The first-order valence-electron chi connectivity index (χ1n) is 7.57. The van der Waals surface area contributed by atoms with Crippen LogP contribution < -0.4 is 10.6 Å². The standard InChI is InChI=1S/C18H21BrN2/c1-13(20)16-10-9-15(12-17(16)19)21-11-5-4-7-14-6-2-3-8-18(14)21/h2-3,6,8-10,12-13H,4-5,7,11,20H2,1H3. The fourth-order valence-corrected chi connectivity index (χ4v) is 3.74. The first kappa shape index (κ1) is 14.6. The number of benzene rings is 2. The lowest BCUT2D eigenvalue weighted by Crippen LogP contribution is -2.18. The highest BCUT2D eigenvalue weighted by Crippen LogP contribution is 2.35. The minimum Gasteiger partial charge on any atom is -0.341 e. The summed E-state index contributed by atoms with van der Waals surface area (Å²) in [6.45, 7) is 3.09. The van der Waals surface area contributed by atoms with Crippen LogP contribution >= 0.6 is 15.9 Å². The highest BCUT2D eigenvalue weighted by Gasteiger charge is 2.17. The molecule has 2 N–H and O–H groups in total. The van der Waals surface area contributed by atoms with Gasteiger partial charge >= 0.3 is 0 Å². The molecule has 2 nitrogen and oxygen atoms in total. The molecule has 21 heavy (non-hydrogen) atoms. The lowest BCUT2D eigenvalue weighted by atomic mass is 10.1. The molecule has 0 aromatic heterocycles. The van der Waals surface area contributed by atoms with Crippen LogP contribution in [0.25, 0.3) is 0 Å². The van der Waals surface area contributed by atoms with Crippen molar-refractivity contribution in [3.63, 3.8) is 0 Å². The Morgan fingerprint density at radius 1 is 1.14 bits per heavy atom. The molecule has 3 rings (SSSR count). The third kappa shape index (κ3) is 2.99. The number of nitrogens with zero attached hydrogens (tertiary/aromatic N) is 1. The smallest absolute Gasteiger partial charge is 0.0443 e. The third-order valence-electron chi connectivity index (χ3n) is 4.15. The van der Waals surface area contributed by atoms with Crippen molar-refractivity contribution in [2.24, 2.45) is 5.73 Å². The molecule has 1 unspecified atom stereocenters. The molecule has 0 fully saturated rings. The Morgan fingerprint density at radius 3 is 2.71 bits per heavy atom. The molecule has 1 aliphatic heterocycles. The number of aryl methyl sites for hydroxylation is 1. The Bertz CT molecular complexity index is 637. The van der Waals surface area contributed by atoms with E-state index in [0.29, 0.717) is 0 Å². The second-order valence-electron chi connectivity index (χ2n) is 5.73. The van der Waals surface area contributed by atoms with Gasteiger partial charge in [-0.25, -0.2) is 0 Å². The molecule has 0 bridgehead atoms. The summed E-state index contributed by atoms with van der Waals surface area (Å²) in [5.41, 5.74) is 11.2. The van der Waals surface area contributed by atoms with Gasteiger partial charge < -0.3 is 10.6 Å². The summed E-state index contributed by atoms with van der Waals surface area (Å²) < 4.78 is 1.09. The molecule has 0 amide bonds. The maximum atomic E-state index is 6.00. The van der Waals surface area contributed by atoms with E-state index in [1.807, 2.05) is 6.92 Å². The minimum absolute atomic E-state index is 0.0462. The maximum Gasteiger partial charge on any atom is 0.0443 e. The zero-order valence-electron chi connectivity index (χ0n) is 12.3. The summed E-state index contributed by atoms with van der Waals surface area (Å²) in [6, 6.07) is 15.3. The van der Waals surface area contributed by atoms with Crippen LogP contribution in [0.3, 0.4) is 0 Å². The van der Waals surface area contributed by atoms with Crippen molar-refractivity contribution >= 4 is 27.3 Å².